The molecule has 1 unspecified atom stereocenters. The Morgan fingerprint density at radius 1 is 1.29 bits per heavy atom. The standard InChI is InChI=1S/C17H22N2OS/c1-4-19-17(14-9-15(20-3)11-18-10-14)12-21-16-7-5-6-13(2)8-16/h5-11,17,19H,4,12H2,1-3H3. The van der Waals surface area contributed by atoms with Crippen molar-refractivity contribution in [1.82, 2.24) is 10.3 Å². The molecule has 2 aromatic rings. The maximum absolute atomic E-state index is 5.26. The first kappa shape index (κ1) is 15.9. The Hall–Kier alpha value is -1.52. The van der Waals surface area contributed by atoms with Crippen molar-refractivity contribution in [3.05, 3.63) is 53.9 Å². The van der Waals surface area contributed by atoms with Gasteiger partial charge in [0.05, 0.1) is 13.3 Å². The third kappa shape index (κ3) is 4.76. The Bertz CT molecular complexity index is 574. The van der Waals surface area contributed by atoms with Gasteiger partial charge in [-0.1, -0.05) is 24.6 Å². The van der Waals surface area contributed by atoms with Gasteiger partial charge in [0.2, 0.25) is 0 Å². The molecule has 1 atom stereocenters. The molecule has 0 aliphatic rings. The van der Waals surface area contributed by atoms with Crippen molar-refractivity contribution in [3.63, 3.8) is 0 Å². The fourth-order valence-corrected chi connectivity index (χ4v) is 3.26. The number of methoxy groups -OCH3 is 1. The van der Waals surface area contributed by atoms with Gasteiger partial charge in [-0.3, -0.25) is 4.98 Å². The predicted octanol–water partition coefficient (Wildman–Crippen LogP) is 3.84. The molecule has 0 aliphatic carbocycles. The van der Waals surface area contributed by atoms with E-state index in [4.69, 9.17) is 4.74 Å². The van der Waals surface area contributed by atoms with Crippen LogP contribution in [-0.2, 0) is 0 Å². The second-order valence-electron chi connectivity index (χ2n) is 4.90. The number of nitrogens with zero attached hydrogens (tertiary/aromatic N) is 1. The summed E-state index contributed by atoms with van der Waals surface area (Å²) < 4.78 is 5.26. The van der Waals surface area contributed by atoms with Gasteiger partial charge in [0, 0.05) is 22.9 Å². The van der Waals surface area contributed by atoms with Crippen molar-refractivity contribution in [2.24, 2.45) is 0 Å². The molecule has 1 N–H and O–H groups in total. The maximum Gasteiger partial charge on any atom is 0.137 e. The number of pyridine rings is 1. The van der Waals surface area contributed by atoms with Crippen molar-refractivity contribution < 1.29 is 4.74 Å². The number of hydrogen-bond acceptors (Lipinski definition) is 4. The second-order valence-corrected chi connectivity index (χ2v) is 5.99. The molecule has 0 aliphatic heterocycles. The van der Waals surface area contributed by atoms with Crippen molar-refractivity contribution in [1.29, 1.82) is 0 Å². The van der Waals surface area contributed by atoms with E-state index in [-0.39, 0.29) is 6.04 Å². The van der Waals surface area contributed by atoms with Crippen LogP contribution >= 0.6 is 11.8 Å². The Labute approximate surface area is 131 Å². The molecule has 2 rings (SSSR count). The maximum atomic E-state index is 5.26. The first-order chi connectivity index (χ1) is 10.2. The molecule has 0 amide bonds. The summed E-state index contributed by atoms with van der Waals surface area (Å²) in [7, 11) is 1.67. The molecule has 0 saturated carbocycles. The van der Waals surface area contributed by atoms with Crippen molar-refractivity contribution in [3.8, 4) is 5.75 Å². The van der Waals surface area contributed by atoms with Crippen molar-refractivity contribution in [2.45, 2.75) is 24.8 Å². The number of nitrogens with one attached hydrogen (secondary N) is 1. The molecule has 1 aromatic heterocycles. The zero-order valence-corrected chi connectivity index (χ0v) is 13.6. The van der Waals surface area contributed by atoms with Crippen LogP contribution in [0.1, 0.15) is 24.1 Å². The SMILES string of the molecule is CCNC(CSc1cccc(C)c1)c1cncc(OC)c1. The normalized spacial score (nSPS) is 12.1. The summed E-state index contributed by atoms with van der Waals surface area (Å²) in [6, 6.07) is 10.9. The van der Waals surface area contributed by atoms with Crippen LogP contribution < -0.4 is 10.1 Å². The Balaban J connectivity index is 2.07. The van der Waals surface area contributed by atoms with Gasteiger partial charge in [-0.25, -0.2) is 0 Å². The molecule has 0 spiro atoms. The van der Waals surface area contributed by atoms with Gasteiger partial charge in [0.1, 0.15) is 5.75 Å². The minimum Gasteiger partial charge on any atom is -0.495 e. The Morgan fingerprint density at radius 3 is 2.86 bits per heavy atom. The monoisotopic (exact) mass is 302 g/mol. The quantitative estimate of drug-likeness (QED) is 0.788. The summed E-state index contributed by atoms with van der Waals surface area (Å²) in [6.07, 6.45) is 3.65. The van der Waals surface area contributed by atoms with Crippen LogP contribution in [0.4, 0.5) is 0 Å². The van der Waals surface area contributed by atoms with E-state index in [9.17, 15) is 0 Å². The summed E-state index contributed by atoms with van der Waals surface area (Å²) in [4.78, 5) is 5.55. The molecule has 1 heterocycles. The zero-order chi connectivity index (χ0) is 15.1. The topological polar surface area (TPSA) is 34.2 Å². The Kier molecular flexibility index (Phi) is 6.08. The van der Waals surface area contributed by atoms with E-state index in [0.717, 1.165) is 23.6 Å². The van der Waals surface area contributed by atoms with Gasteiger partial charge in [0.15, 0.2) is 0 Å². The first-order valence-corrected chi connectivity index (χ1v) is 8.13. The largest absolute Gasteiger partial charge is 0.495 e. The Morgan fingerprint density at radius 2 is 2.14 bits per heavy atom. The minimum atomic E-state index is 0.267. The van der Waals surface area contributed by atoms with Crippen LogP contribution in [0.5, 0.6) is 5.75 Å². The first-order valence-electron chi connectivity index (χ1n) is 7.14. The summed E-state index contributed by atoms with van der Waals surface area (Å²) in [5, 5.41) is 3.52. The average Bonchev–Trinajstić information content (AvgIpc) is 2.51. The van der Waals surface area contributed by atoms with Crippen LogP contribution in [0.15, 0.2) is 47.6 Å². The lowest BCUT2D eigenvalue weighted by molar-refractivity contribution is 0.411. The molecule has 0 bridgehead atoms. The van der Waals surface area contributed by atoms with Gasteiger partial charge in [-0.2, -0.15) is 0 Å². The minimum absolute atomic E-state index is 0.267. The predicted molar refractivity (Wildman–Crippen MR) is 89.1 cm³/mol. The number of hydrogen-bond donors (Lipinski definition) is 1. The molecule has 0 radical (unpaired) electrons. The highest BCUT2D eigenvalue weighted by atomic mass is 32.2. The van der Waals surface area contributed by atoms with Crippen LogP contribution in [-0.4, -0.2) is 24.4 Å². The van der Waals surface area contributed by atoms with Gasteiger partial charge in [-0.05, 0) is 37.2 Å². The number of rotatable bonds is 7. The van der Waals surface area contributed by atoms with E-state index in [0.29, 0.717) is 0 Å². The highest BCUT2D eigenvalue weighted by Crippen LogP contribution is 2.26. The third-order valence-electron chi connectivity index (χ3n) is 3.23. The molecule has 3 nitrogen and oxygen atoms in total. The number of thioether (sulfide) groups is 1. The molecule has 0 saturated heterocycles. The molecule has 0 fully saturated rings. The summed E-state index contributed by atoms with van der Waals surface area (Å²) in [6.45, 7) is 5.17. The lowest BCUT2D eigenvalue weighted by Crippen LogP contribution is -2.23. The fraction of sp³-hybridized carbons (Fsp3) is 0.353. The van der Waals surface area contributed by atoms with Gasteiger partial charge >= 0.3 is 0 Å². The molecule has 4 heteroatoms. The third-order valence-corrected chi connectivity index (χ3v) is 4.32. The van der Waals surface area contributed by atoms with Crippen molar-refractivity contribution >= 4 is 11.8 Å². The lowest BCUT2D eigenvalue weighted by atomic mass is 10.1. The van der Waals surface area contributed by atoms with Crippen LogP contribution in [0.25, 0.3) is 0 Å². The van der Waals surface area contributed by atoms with E-state index in [1.807, 2.05) is 18.0 Å². The highest BCUT2D eigenvalue weighted by molar-refractivity contribution is 7.99. The molecule has 112 valence electrons. The highest BCUT2D eigenvalue weighted by Gasteiger charge is 2.12. The summed E-state index contributed by atoms with van der Waals surface area (Å²) in [5.41, 5.74) is 2.46. The van der Waals surface area contributed by atoms with E-state index >= 15 is 0 Å². The molecule has 1 aromatic carbocycles. The molecule has 21 heavy (non-hydrogen) atoms. The summed E-state index contributed by atoms with van der Waals surface area (Å²) in [5.74, 6) is 1.77. The van der Waals surface area contributed by atoms with E-state index < -0.39 is 0 Å². The number of aromatic nitrogens is 1. The van der Waals surface area contributed by atoms with Crippen LogP contribution in [0.3, 0.4) is 0 Å². The van der Waals surface area contributed by atoms with E-state index in [2.05, 4.69) is 54.5 Å². The molecular weight excluding hydrogens is 280 g/mol. The van der Waals surface area contributed by atoms with E-state index in [1.54, 1.807) is 13.3 Å². The van der Waals surface area contributed by atoms with Gasteiger partial charge < -0.3 is 10.1 Å². The van der Waals surface area contributed by atoms with Crippen LogP contribution in [0, 0.1) is 6.92 Å². The van der Waals surface area contributed by atoms with E-state index in [1.165, 1.54) is 10.5 Å². The lowest BCUT2D eigenvalue weighted by Gasteiger charge is -2.18. The fourth-order valence-electron chi connectivity index (χ4n) is 2.14. The number of ether oxygens (including phenoxy) is 1. The van der Waals surface area contributed by atoms with Gasteiger partial charge in [0.25, 0.3) is 0 Å². The van der Waals surface area contributed by atoms with Gasteiger partial charge in [-0.15, -0.1) is 11.8 Å². The average molecular weight is 302 g/mol. The van der Waals surface area contributed by atoms with Crippen molar-refractivity contribution in [2.75, 3.05) is 19.4 Å². The zero-order valence-electron chi connectivity index (χ0n) is 12.8. The van der Waals surface area contributed by atoms with Crippen LogP contribution in [0.2, 0.25) is 0 Å². The second kappa shape index (κ2) is 8.05. The number of benzene rings is 1. The number of aryl methyl sites for hydroxylation is 1. The summed E-state index contributed by atoms with van der Waals surface area (Å²) >= 11 is 1.86. The molecular formula is C17H22N2OS. The smallest absolute Gasteiger partial charge is 0.137 e.